The maximum Gasteiger partial charge on any atom is 0.412 e. The molecule has 3 aromatic rings. The lowest BCUT2D eigenvalue weighted by Gasteiger charge is -2.21. The molecule has 9 heteroatoms. The monoisotopic (exact) mass is 423 g/mol. The van der Waals surface area contributed by atoms with Gasteiger partial charge in [-0.15, -0.1) is 0 Å². The third kappa shape index (κ3) is 5.29. The Balaban J connectivity index is 1.84. The molecule has 4 nitrogen and oxygen atoms in total. The van der Waals surface area contributed by atoms with Crippen LogP contribution in [0.3, 0.4) is 0 Å². The second-order valence-corrected chi connectivity index (χ2v) is 6.61. The van der Waals surface area contributed by atoms with Crippen LogP contribution in [0.4, 0.5) is 17.6 Å². The molecular formula is C20H14ClF4N3O. The molecule has 0 fully saturated rings. The van der Waals surface area contributed by atoms with Crippen molar-refractivity contribution in [2.24, 2.45) is 0 Å². The Morgan fingerprint density at radius 2 is 1.86 bits per heavy atom. The lowest BCUT2D eigenvalue weighted by Crippen LogP contribution is -2.38. The molecule has 1 amide bonds. The molecule has 0 radical (unpaired) electrons. The minimum atomic E-state index is -4.72. The molecule has 1 unspecified atom stereocenters. The van der Waals surface area contributed by atoms with Crippen LogP contribution < -0.4 is 5.32 Å². The van der Waals surface area contributed by atoms with Crippen LogP contribution in [0.1, 0.15) is 33.2 Å². The zero-order valence-electron chi connectivity index (χ0n) is 14.8. The number of rotatable bonds is 5. The Labute approximate surface area is 168 Å². The highest BCUT2D eigenvalue weighted by Gasteiger charge is 2.42. The van der Waals surface area contributed by atoms with Gasteiger partial charge in [0.05, 0.1) is 5.02 Å². The van der Waals surface area contributed by atoms with Gasteiger partial charge in [0.15, 0.2) is 6.04 Å². The van der Waals surface area contributed by atoms with Crippen molar-refractivity contribution in [3.05, 3.63) is 94.3 Å². The number of pyridine rings is 2. The van der Waals surface area contributed by atoms with Crippen LogP contribution in [0.2, 0.25) is 5.02 Å². The minimum Gasteiger partial charge on any atom is -0.335 e. The van der Waals surface area contributed by atoms with Crippen molar-refractivity contribution in [3.63, 3.8) is 0 Å². The quantitative estimate of drug-likeness (QED) is 0.594. The van der Waals surface area contributed by atoms with E-state index in [-0.39, 0.29) is 22.7 Å². The lowest BCUT2D eigenvalue weighted by molar-refractivity contribution is -0.155. The number of hydrogen-bond acceptors (Lipinski definition) is 3. The molecule has 0 aliphatic carbocycles. The predicted molar refractivity (Wildman–Crippen MR) is 99.0 cm³/mol. The maximum atomic E-state index is 13.4. The molecule has 0 saturated heterocycles. The molecule has 1 atom stereocenters. The van der Waals surface area contributed by atoms with E-state index < -0.39 is 23.9 Å². The van der Waals surface area contributed by atoms with E-state index in [4.69, 9.17) is 11.6 Å². The van der Waals surface area contributed by atoms with Gasteiger partial charge >= 0.3 is 6.18 Å². The van der Waals surface area contributed by atoms with Crippen LogP contribution in [0.5, 0.6) is 0 Å². The summed E-state index contributed by atoms with van der Waals surface area (Å²) < 4.78 is 53.3. The van der Waals surface area contributed by atoms with Gasteiger partial charge in [0, 0.05) is 24.2 Å². The average molecular weight is 424 g/mol. The highest BCUT2D eigenvalue weighted by molar-refractivity contribution is 6.31. The second-order valence-electron chi connectivity index (χ2n) is 6.20. The third-order valence-corrected chi connectivity index (χ3v) is 4.44. The number of aromatic nitrogens is 2. The largest absolute Gasteiger partial charge is 0.412 e. The number of amides is 1. The van der Waals surface area contributed by atoms with Crippen LogP contribution in [0.25, 0.3) is 0 Å². The highest BCUT2D eigenvalue weighted by Crippen LogP contribution is 2.32. The van der Waals surface area contributed by atoms with Gasteiger partial charge in [-0.1, -0.05) is 29.8 Å². The van der Waals surface area contributed by atoms with Gasteiger partial charge < -0.3 is 5.32 Å². The number of nitrogens with zero attached hydrogens (tertiary/aromatic N) is 2. The Hall–Kier alpha value is -3.00. The second kappa shape index (κ2) is 8.57. The average Bonchev–Trinajstić information content (AvgIpc) is 2.69. The van der Waals surface area contributed by atoms with E-state index in [0.29, 0.717) is 5.56 Å². The van der Waals surface area contributed by atoms with Crippen molar-refractivity contribution in [2.75, 3.05) is 0 Å². The van der Waals surface area contributed by atoms with Crippen LogP contribution in [-0.2, 0) is 6.42 Å². The van der Waals surface area contributed by atoms with Gasteiger partial charge in [-0.3, -0.25) is 9.78 Å². The van der Waals surface area contributed by atoms with Gasteiger partial charge in [-0.05, 0) is 41.8 Å². The molecule has 0 bridgehead atoms. The van der Waals surface area contributed by atoms with E-state index in [9.17, 15) is 22.4 Å². The number of halogens is 5. The van der Waals surface area contributed by atoms with Crippen molar-refractivity contribution >= 4 is 17.5 Å². The molecule has 0 aliphatic rings. The fourth-order valence-electron chi connectivity index (χ4n) is 2.67. The summed E-state index contributed by atoms with van der Waals surface area (Å²) in [5.41, 5.74) is 0.774. The molecule has 0 saturated carbocycles. The Morgan fingerprint density at radius 3 is 2.48 bits per heavy atom. The SMILES string of the molecule is O=C(NC(c1cccnc1)C(F)(F)F)c1cc(Cc2ccc(F)cc2)c(Cl)cn1. The fraction of sp³-hybridized carbons (Fsp3) is 0.150. The maximum absolute atomic E-state index is 13.4. The van der Waals surface area contributed by atoms with Gasteiger partial charge in [0.1, 0.15) is 11.5 Å². The van der Waals surface area contributed by atoms with Crippen LogP contribution in [0, 0.1) is 5.82 Å². The summed E-state index contributed by atoms with van der Waals surface area (Å²) in [6, 6.07) is 7.31. The van der Waals surface area contributed by atoms with Crippen LogP contribution in [0.15, 0.2) is 61.1 Å². The summed E-state index contributed by atoms with van der Waals surface area (Å²) >= 11 is 6.10. The Kier molecular flexibility index (Phi) is 6.12. The molecule has 2 heterocycles. The van der Waals surface area contributed by atoms with Crippen molar-refractivity contribution in [2.45, 2.75) is 18.6 Å². The van der Waals surface area contributed by atoms with E-state index in [1.165, 1.54) is 42.7 Å². The van der Waals surface area contributed by atoms with E-state index >= 15 is 0 Å². The number of carbonyl (C=O) groups is 1. The van der Waals surface area contributed by atoms with Crippen LogP contribution in [-0.4, -0.2) is 22.1 Å². The Bertz CT molecular complexity index is 995. The van der Waals surface area contributed by atoms with Gasteiger partial charge in [-0.2, -0.15) is 13.2 Å². The smallest absolute Gasteiger partial charge is 0.335 e. The van der Waals surface area contributed by atoms with E-state index in [2.05, 4.69) is 9.97 Å². The van der Waals surface area contributed by atoms with Crippen LogP contribution >= 0.6 is 11.6 Å². The zero-order chi connectivity index (χ0) is 21.0. The van der Waals surface area contributed by atoms with Crippen molar-refractivity contribution < 1.29 is 22.4 Å². The molecule has 3 rings (SSSR count). The summed E-state index contributed by atoms with van der Waals surface area (Å²) in [7, 11) is 0. The van der Waals surface area contributed by atoms with E-state index in [0.717, 1.165) is 11.8 Å². The topological polar surface area (TPSA) is 54.9 Å². The zero-order valence-corrected chi connectivity index (χ0v) is 15.5. The fourth-order valence-corrected chi connectivity index (χ4v) is 2.84. The molecule has 1 aromatic carbocycles. The first-order chi connectivity index (χ1) is 13.7. The first kappa shape index (κ1) is 20.7. The number of alkyl halides is 3. The van der Waals surface area contributed by atoms with Crippen molar-refractivity contribution in [3.8, 4) is 0 Å². The molecule has 150 valence electrons. The van der Waals surface area contributed by atoms with E-state index in [1.54, 1.807) is 12.1 Å². The normalized spacial score (nSPS) is 12.4. The number of hydrogen-bond donors (Lipinski definition) is 1. The molecule has 0 spiro atoms. The highest BCUT2D eigenvalue weighted by atomic mass is 35.5. The molecular weight excluding hydrogens is 410 g/mol. The number of benzene rings is 1. The third-order valence-electron chi connectivity index (χ3n) is 4.10. The first-order valence-electron chi connectivity index (χ1n) is 8.40. The van der Waals surface area contributed by atoms with E-state index in [1.807, 2.05) is 5.32 Å². The van der Waals surface area contributed by atoms with Gasteiger partial charge in [0.2, 0.25) is 0 Å². The molecule has 29 heavy (non-hydrogen) atoms. The molecule has 2 aromatic heterocycles. The van der Waals surface area contributed by atoms with Gasteiger partial charge in [-0.25, -0.2) is 9.37 Å². The number of carbonyl (C=O) groups excluding carboxylic acids is 1. The molecule has 1 N–H and O–H groups in total. The van der Waals surface area contributed by atoms with Crippen molar-refractivity contribution in [1.82, 2.24) is 15.3 Å². The predicted octanol–water partition coefficient (Wildman–Crippen LogP) is 4.89. The summed E-state index contributed by atoms with van der Waals surface area (Å²) in [5.74, 6) is -1.41. The minimum absolute atomic E-state index is 0.200. The Morgan fingerprint density at radius 1 is 1.14 bits per heavy atom. The lowest BCUT2D eigenvalue weighted by atomic mass is 10.0. The van der Waals surface area contributed by atoms with Gasteiger partial charge in [0.25, 0.3) is 5.91 Å². The summed E-state index contributed by atoms with van der Waals surface area (Å²) in [5, 5.41) is 2.19. The summed E-state index contributed by atoms with van der Waals surface area (Å²) in [6.45, 7) is 0. The van der Waals surface area contributed by atoms with Crippen molar-refractivity contribution in [1.29, 1.82) is 0 Å². The summed E-state index contributed by atoms with van der Waals surface area (Å²) in [6.07, 6.45) is -0.897. The standard InChI is InChI=1S/C20H14ClF4N3O/c21-16-11-27-17(9-14(16)8-12-3-5-15(22)6-4-12)19(29)28-18(20(23,24)25)13-2-1-7-26-10-13/h1-7,9-11,18H,8H2,(H,28,29). The summed E-state index contributed by atoms with van der Waals surface area (Å²) in [4.78, 5) is 20.0. The first-order valence-corrected chi connectivity index (χ1v) is 8.78. The number of nitrogens with one attached hydrogen (secondary N) is 1. The molecule has 0 aliphatic heterocycles.